The molecule has 2 heterocycles. The van der Waals surface area contributed by atoms with E-state index in [4.69, 9.17) is 5.73 Å². The van der Waals surface area contributed by atoms with Crippen LogP contribution in [0.25, 0.3) is 0 Å². The van der Waals surface area contributed by atoms with Crippen molar-refractivity contribution in [2.45, 2.75) is 38.6 Å². The number of piperidine rings is 1. The summed E-state index contributed by atoms with van der Waals surface area (Å²) < 4.78 is 0. The van der Waals surface area contributed by atoms with Gasteiger partial charge < -0.3 is 10.6 Å². The summed E-state index contributed by atoms with van der Waals surface area (Å²) in [6, 6.07) is 0.821. The van der Waals surface area contributed by atoms with Gasteiger partial charge in [-0.1, -0.05) is 6.92 Å². The molecule has 0 aromatic rings. The first-order chi connectivity index (χ1) is 8.20. The number of hydrogen-bond acceptors (Lipinski definition) is 3. The van der Waals surface area contributed by atoms with Crippen LogP contribution in [0.2, 0.25) is 0 Å². The molecule has 2 aliphatic heterocycles. The molecule has 0 aromatic heterocycles. The van der Waals surface area contributed by atoms with Crippen LogP contribution in [-0.4, -0.2) is 55.6 Å². The maximum Gasteiger partial charge on any atom is 0.0108 e. The molecule has 0 bridgehead atoms. The predicted octanol–water partition coefficient (Wildman–Crippen LogP) is 1.39. The molecule has 0 spiro atoms. The Morgan fingerprint density at radius 3 is 2.71 bits per heavy atom. The summed E-state index contributed by atoms with van der Waals surface area (Å²) in [6.45, 7) is 8.32. The zero-order valence-electron chi connectivity index (χ0n) is 11.6. The van der Waals surface area contributed by atoms with Crippen LogP contribution in [0.5, 0.6) is 0 Å². The van der Waals surface area contributed by atoms with Gasteiger partial charge in [0.25, 0.3) is 0 Å². The minimum absolute atomic E-state index is 0.727. The van der Waals surface area contributed by atoms with Gasteiger partial charge in [-0.25, -0.2) is 0 Å². The standard InChI is InChI=1S/C14H29N3/c1-12-5-9-17(11-13(12)10-15)14-4-3-7-16(2)8-6-14/h12-14H,3-11,15H2,1-2H3. The van der Waals surface area contributed by atoms with Gasteiger partial charge in [-0.15, -0.1) is 0 Å². The van der Waals surface area contributed by atoms with Gasteiger partial charge in [-0.05, 0) is 70.7 Å². The number of rotatable bonds is 2. The third-order valence-corrected chi connectivity index (χ3v) is 4.89. The Morgan fingerprint density at radius 2 is 1.94 bits per heavy atom. The molecular formula is C14H29N3. The Bertz CT molecular complexity index is 232. The van der Waals surface area contributed by atoms with E-state index in [0.29, 0.717) is 0 Å². The molecule has 2 aliphatic rings. The van der Waals surface area contributed by atoms with E-state index in [-0.39, 0.29) is 0 Å². The molecule has 0 radical (unpaired) electrons. The molecular weight excluding hydrogens is 210 g/mol. The van der Waals surface area contributed by atoms with Crippen LogP contribution >= 0.6 is 0 Å². The third-order valence-electron chi connectivity index (χ3n) is 4.89. The number of likely N-dealkylation sites (tertiary alicyclic amines) is 2. The van der Waals surface area contributed by atoms with Crippen molar-refractivity contribution in [1.29, 1.82) is 0 Å². The smallest absolute Gasteiger partial charge is 0.0108 e. The highest BCUT2D eigenvalue weighted by Crippen LogP contribution is 2.26. The van der Waals surface area contributed by atoms with Gasteiger partial charge in [0.1, 0.15) is 0 Å². The largest absolute Gasteiger partial charge is 0.330 e. The number of nitrogens with zero attached hydrogens (tertiary/aromatic N) is 2. The van der Waals surface area contributed by atoms with E-state index in [1.807, 2.05) is 0 Å². The summed E-state index contributed by atoms with van der Waals surface area (Å²) in [6.07, 6.45) is 5.44. The Morgan fingerprint density at radius 1 is 1.12 bits per heavy atom. The van der Waals surface area contributed by atoms with E-state index in [9.17, 15) is 0 Å². The summed E-state index contributed by atoms with van der Waals surface area (Å²) in [5, 5.41) is 0. The SMILES string of the molecule is CC1CCN(C2CCCN(C)CC2)CC1CN. The van der Waals surface area contributed by atoms with E-state index in [1.165, 1.54) is 51.9 Å². The van der Waals surface area contributed by atoms with Gasteiger partial charge in [0, 0.05) is 12.6 Å². The lowest BCUT2D eigenvalue weighted by molar-refractivity contribution is 0.0838. The zero-order valence-corrected chi connectivity index (χ0v) is 11.6. The van der Waals surface area contributed by atoms with Gasteiger partial charge in [0.05, 0.1) is 0 Å². The molecule has 2 saturated heterocycles. The minimum Gasteiger partial charge on any atom is -0.330 e. The summed E-state index contributed by atoms with van der Waals surface area (Å²) in [5.74, 6) is 1.55. The molecule has 100 valence electrons. The van der Waals surface area contributed by atoms with Crippen LogP contribution in [0.15, 0.2) is 0 Å². The second-order valence-electron chi connectivity index (χ2n) is 6.14. The highest BCUT2D eigenvalue weighted by atomic mass is 15.2. The van der Waals surface area contributed by atoms with E-state index in [0.717, 1.165) is 24.4 Å². The van der Waals surface area contributed by atoms with Crippen LogP contribution in [0.4, 0.5) is 0 Å². The summed E-state index contributed by atoms with van der Waals surface area (Å²) in [5.41, 5.74) is 5.90. The Hall–Kier alpha value is -0.120. The fourth-order valence-corrected chi connectivity index (χ4v) is 3.40. The first-order valence-corrected chi connectivity index (χ1v) is 7.33. The van der Waals surface area contributed by atoms with Crippen molar-refractivity contribution in [3.63, 3.8) is 0 Å². The normalized spacial score (nSPS) is 37.9. The molecule has 3 heteroatoms. The molecule has 2 rings (SSSR count). The van der Waals surface area contributed by atoms with Gasteiger partial charge >= 0.3 is 0 Å². The van der Waals surface area contributed by atoms with E-state index >= 15 is 0 Å². The van der Waals surface area contributed by atoms with Gasteiger partial charge in [0.15, 0.2) is 0 Å². The summed E-state index contributed by atoms with van der Waals surface area (Å²) in [7, 11) is 2.25. The van der Waals surface area contributed by atoms with Crippen molar-refractivity contribution in [2.75, 3.05) is 39.8 Å². The highest BCUT2D eigenvalue weighted by molar-refractivity contribution is 4.84. The second-order valence-corrected chi connectivity index (χ2v) is 6.14. The number of nitrogens with two attached hydrogens (primary N) is 1. The fraction of sp³-hybridized carbons (Fsp3) is 1.00. The maximum atomic E-state index is 5.90. The molecule has 17 heavy (non-hydrogen) atoms. The topological polar surface area (TPSA) is 32.5 Å². The molecule has 0 saturated carbocycles. The molecule has 2 N–H and O–H groups in total. The van der Waals surface area contributed by atoms with Gasteiger partial charge in [-0.3, -0.25) is 4.90 Å². The lowest BCUT2D eigenvalue weighted by Crippen LogP contribution is -2.47. The lowest BCUT2D eigenvalue weighted by Gasteiger charge is -2.41. The first kappa shape index (κ1) is 13.3. The van der Waals surface area contributed by atoms with Gasteiger partial charge in [-0.2, -0.15) is 0 Å². The van der Waals surface area contributed by atoms with Crippen LogP contribution in [0.3, 0.4) is 0 Å². The van der Waals surface area contributed by atoms with Crippen LogP contribution < -0.4 is 5.73 Å². The van der Waals surface area contributed by atoms with Crippen molar-refractivity contribution < 1.29 is 0 Å². The molecule has 2 fully saturated rings. The Balaban J connectivity index is 1.88. The summed E-state index contributed by atoms with van der Waals surface area (Å²) >= 11 is 0. The van der Waals surface area contributed by atoms with E-state index in [2.05, 4.69) is 23.8 Å². The monoisotopic (exact) mass is 239 g/mol. The highest BCUT2D eigenvalue weighted by Gasteiger charge is 2.29. The van der Waals surface area contributed by atoms with Crippen LogP contribution in [-0.2, 0) is 0 Å². The lowest BCUT2D eigenvalue weighted by atomic mass is 9.86. The van der Waals surface area contributed by atoms with Gasteiger partial charge in [0.2, 0.25) is 0 Å². The predicted molar refractivity (Wildman–Crippen MR) is 73.0 cm³/mol. The molecule has 0 aromatic carbocycles. The molecule has 0 amide bonds. The zero-order chi connectivity index (χ0) is 12.3. The molecule has 3 unspecified atom stereocenters. The van der Waals surface area contributed by atoms with E-state index < -0.39 is 0 Å². The molecule has 3 nitrogen and oxygen atoms in total. The minimum atomic E-state index is 0.727. The number of hydrogen-bond donors (Lipinski definition) is 1. The second kappa shape index (κ2) is 6.17. The molecule has 0 aliphatic carbocycles. The average molecular weight is 239 g/mol. The fourth-order valence-electron chi connectivity index (χ4n) is 3.40. The van der Waals surface area contributed by atoms with Crippen molar-refractivity contribution in [3.8, 4) is 0 Å². The maximum absolute atomic E-state index is 5.90. The van der Waals surface area contributed by atoms with Crippen molar-refractivity contribution >= 4 is 0 Å². The van der Waals surface area contributed by atoms with Crippen molar-refractivity contribution in [3.05, 3.63) is 0 Å². The first-order valence-electron chi connectivity index (χ1n) is 7.33. The Kier molecular flexibility index (Phi) is 4.83. The van der Waals surface area contributed by atoms with Crippen LogP contribution in [0.1, 0.15) is 32.6 Å². The van der Waals surface area contributed by atoms with E-state index in [1.54, 1.807) is 0 Å². The summed E-state index contributed by atoms with van der Waals surface area (Å²) in [4.78, 5) is 5.21. The van der Waals surface area contributed by atoms with Crippen LogP contribution in [0, 0.1) is 11.8 Å². The molecule has 3 atom stereocenters. The third kappa shape index (κ3) is 3.43. The average Bonchev–Trinajstić information content (AvgIpc) is 2.55. The van der Waals surface area contributed by atoms with Crippen molar-refractivity contribution in [2.24, 2.45) is 17.6 Å². The van der Waals surface area contributed by atoms with Crippen molar-refractivity contribution in [1.82, 2.24) is 9.80 Å². The quantitative estimate of drug-likeness (QED) is 0.790. The Labute approximate surface area is 106 Å².